The third kappa shape index (κ3) is 2.64. The molecule has 25 heavy (non-hydrogen) atoms. The largest absolute Gasteiger partial charge is 0.382 e. The summed E-state index contributed by atoms with van der Waals surface area (Å²) >= 11 is 6.19. The van der Waals surface area contributed by atoms with Gasteiger partial charge in [-0.3, -0.25) is 0 Å². The molecule has 0 spiro atoms. The number of nitrogens with two attached hydrogens (primary N) is 1. The van der Waals surface area contributed by atoms with Gasteiger partial charge >= 0.3 is 0 Å². The van der Waals surface area contributed by atoms with Crippen LogP contribution in [0.25, 0.3) is 28.7 Å². The number of hydrogen-bond acceptors (Lipinski definition) is 6. The Hall–Kier alpha value is -3.19. The number of hydrogen-bond donors (Lipinski definition) is 1. The SMILES string of the molecule is Cc1ccccc1-c1noc(-c2nnn(-c3ccccc3Cl)c2N)n1. The van der Waals surface area contributed by atoms with Gasteiger partial charge in [0.05, 0.1) is 10.7 Å². The third-order valence-electron chi connectivity index (χ3n) is 3.80. The van der Waals surface area contributed by atoms with Crippen molar-refractivity contribution in [1.82, 2.24) is 25.1 Å². The lowest BCUT2D eigenvalue weighted by Crippen LogP contribution is -2.02. The summed E-state index contributed by atoms with van der Waals surface area (Å²) in [5.41, 5.74) is 9.03. The fourth-order valence-corrected chi connectivity index (χ4v) is 2.71. The number of anilines is 1. The molecular formula is C17H13ClN6O. The van der Waals surface area contributed by atoms with Crippen molar-refractivity contribution in [2.75, 3.05) is 5.73 Å². The van der Waals surface area contributed by atoms with E-state index < -0.39 is 0 Å². The molecule has 4 rings (SSSR count). The van der Waals surface area contributed by atoms with Crippen LogP contribution in [0.2, 0.25) is 5.02 Å². The van der Waals surface area contributed by atoms with Gasteiger partial charge in [0.1, 0.15) is 0 Å². The van der Waals surface area contributed by atoms with Gasteiger partial charge in [0.25, 0.3) is 5.89 Å². The molecule has 0 fully saturated rings. The number of nitrogen functional groups attached to an aromatic ring is 1. The number of para-hydroxylation sites is 1. The van der Waals surface area contributed by atoms with Crippen LogP contribution in [-0.4, -0.2) is 25.1 Å². The number of nitrogens with zero attached hydrogens (tertiary/aromatic N) is 5. The average molecular weight is 353 g/mol. The van der Waals surface area contributed by atoms with Gasteiger partial charge in [-0.25, -0.2) is 0 Å². The lowest BCUT2D eigenvalue weighted by atomic mass is 10.1. The molecule has 2 heterocycles. The molecule has 0 aliphatic rings. The lowest BCUT2D eigenvalue weighted by Gasteiger charge is -2.04. The molecule has 2 aromatic carbocycles. The maximum absolute atomic E-state index is 6.19. The van der Waals surface area contributed by atoms with Crippen molar-refractivity contribution < 1.29 is 4.52 Å². The van der Waals surface area contributed by atoms with Crippen LogP contribution in [0.5, 0.6) is 0 Å². The monoisotopic (exact) mass is 352 g/mol. The Morgan fingerprint density at radius 1 is 1.08 bits per heavy atom. The summed E-state index contributed by atoms with van der Waals surface area (Å²) in [6, 6.07) is 15.0. The zero-order chi connectivity index (χ0) is 17.4. The van der Waals surface area contributed by atoms with Gasteiger partial charge in [-0.1, -0.05) is 58.4 Å². The summed E-state index contributed by atoms with van der Waals surface area (Å²) in [6.45, 7) is 1.98. The van der Waals surface area contributed by atoms with Crippen molar-refractivity contribution in [3.63, 3.8) is 0 Å². The van der Waals surface area contributed by atoms with Crippen LogP contribution in [0.1, 0.15) is 5.56 Å². The second-order valence-electron chi connectivity index (χ2n) is 5.42. The molecule has 0 aliphatic heterocycles. The second-order valence-corrected chi connectivity index (χ2v) is 5.83. The highest BCUT2D eigenvalue weighted by atomic mass is 35.5. The first-order chi connectivity index (χ1) is 12.1. The highest BCUT2D eigenvalue weighted by molar-refractivity contribution is 6.32. The molecule has 0 atom stereocenters. The summed E-state index contributed by atoms with van der Waals surface area (Å²) in [4.78, 5) is 4.40. The average Bonchev–Trinajstić information content (AvgIpc) is 3.23. The number of rotatable bonds is 3. The molecule has 0 amide bonds. The molecule has 2 aromatic heterocycles. The van der Waals surface area contributed by atoms with Gasteiger partial charge in [-0.15, -0.1) is 5.10 Å². The summed E-state index contributed by atoms with van der Waals surface area (Å²) in [5.74, 6) is 0.946. The Kier molecular flexibility index (Phi) is 3.70. The van der Waals surface area contributed by atoms with Crippen LogP contribution in [0.15, 0.2) is 53.1 Å². The minimum Gasteiger partial charge on any atom is -0.382 e. The molecule has 4 aromatic rings. The van der Waals surface area contributed by atoms with E-state index in [-0.39, 0.29) is 11.7 Å². The molecule has 0 bridgehead atoms. The molecular weight excluding hydrogens is 340 g/mol. The Morgan fingerprint density at radius 3 is 2.64 bits per heavy atom. The first-order valence-electron chi connectivity index (χ1n) is 7.51. The fourth-order valence-electron chi connectivity index (χ4n) is 2.50. The minimum atomic E-state index is 0.203. The zero-order valence-electron chi connectivity index (χ0n) is 13.2. The molecule has 0 saturated carbocycles. The molecule has 124 valence electrons. The first kappa shape index (κ1) is 15.3. The normalized spacial score (nSPS) is 11.0. The van der Waals surface area contributed by atoms with E-state index in [1.54, 1.807) is 12.1 Å². The van der Waals surface area contributed by atoms with Crippen LogP contribution in [0.4, 0.5) is 5.82 Å². The van der Waals surface area contributed by atoms with E-state index >= 15 is 0 Å². The van der Waals surface area contributed by atoms with Crippen LogP contribution in [0.3, 0.4) is 0 Å². The Bertz CT molecular complexity index is 1050. The second kappa shape index (κ2) is 6.03. The van der Waals surface area contributed by atoms with Crippen molar-refractivity contribution in [1.29, 1.82) is 0 Å². The highest BCUT2D eigenvalue weighted by Gasteiger charge is 2.21. The van der Waals surface area contributed by atoms with Gasteiger partial charge in [-0.2, -0.15) is 9.67 Å². The summed E-state index contributed by atoms with van der Waals surface area (Å²) < 4.78 is 6.77. The van der Waals surface area contributed by atoms with Gasteiger partial charge in [0.15, 0.2) is 11.5 Å². The molecule has 0 unspecified atom stereocenters. The molecule has 0 aliphatic carbocycles. The quantitative estimate of drug-likeness (QED) is 0.606. The first-order valence-corrected chi connectivity index (χ1v) is 7.89. The van der Waals surface area contributed by atoms with Crippen molar-refractivity contribution in [2.24, 2.45) is 0 Å². The molecule has 0 saturated heterocycles. The van der Waals surface area contributed by atoms with E-state index in [1.165, 1.54) is 4.68 Å². The molecule has 2 N–H and O–H groups in total. The van der Waals surface area contributed by atoms with Crippen LogP contribution >= 0.6 is 11.6 Å². The third-order valence-corrected chi connectivity index (χ3v) is 4.12. The van der Waals surface area contributed by atoms with Gasteiger partial charge in [0, 0.05) is 5.56 Å². The smallest absolute Gasteiger partial charge is 0.282 e. The number of halogens is 1. The standard InChI is InChI=1S/C17H13ClN6O/c1-10-6-2-3-7-11(10)16-20-17(25-22-16)14-15(19)24(23-21-14)13-9-5-4-8-12(13)18/h2-9H,19H2,1H3. The fraction of sp³-hybridized carbons (Fsp3) is 0.0588. The molecule has 0 radical (unpaired) electrons. The van der Waals surface area contributed by atoms with E-state index in [9.17, 15) is 0 Å². The summed E-state index contributed by atoms with van der Waals surface area (Å²) in [6.07, 6.45) is 0. The zero-order valence-corrected chi connectivity index (χ0v) is 14.0. The van der Waals surface area contributed by atoms with E-state index in [0.29, 0.717) is 22.2 Å². The lowest BCUT2D eigenvalue weighted by molar-refractivity contribution is 0.431. The van der Waals surface area contributed by atoms with Crippen molar-refractivity contribution in [2.45, 2.75) is 6.92 Å². The van der Waals surface area contributed by atoms with Gasteiger partial charge in [-0.05, 0) is 24.6 Å². The number of aryl methyl sites for hydroxylation is 1. The number of aromatic nitrogens is 5. The van der Waals surface area contributed by atoms with Crippen LogP contribution in [0, 0.1) is 6.92 Å². The van der Waals surface area contributed by atoms with E-state index in [4.69, 9.17) is 21.9 Å². The van der Waals surface area contributed by atoms with Crippen LogP contribution < -0.4 is 5.73 Å². The van der Waals surface area contributed by atoms with Gasteiger partial charge in [0.2, 0.25) is 5.82 Å². The predicted octanol–water partition coefficient (Wildman–Crippen LogP) is 3.53. The van der Waals surface area contributed by atoms with Crippen molar-refractivity contribution in [3.8, 4) is 28.7 Å². The Labute approximate surface area is 148 Å². The minimum absolute atomic E-state index is 0.203. The van der Waals surface area contributed by atoms with E-state index in [1.807, 2.05) is 43.3 Å². The van der Waals surface area contributed by atoms with Gasteiger partial charge < -0.3 is 10.3 Å². The summed E-state index contributed by atoms with van der Waals surface area (Å²) in [5, 5.41) is 12.6. The topological polar surface area (TPSA) is 95.7 Å². The molecule has 7 nitrogen and oxygen atoms in total. The van der Waals surface area contributed by atoms with E-state index in [2.05, 4.69) is 20.5 Å². The Morgan fingerprint density at radius 2 is 1.84 bits per heavy atom. The summed E-state index contributed by atoms with van der Waals surface area (Å²) in [7, 11) is 0. The highest BCUT2D eigenvalue weighted by Crippen LogP contribution is 2.29. The maximum Gasteiger partial charge on any atom is 0.282 e. The van der Waals surface area contributed by atoms with Crippen LogP contribution in [-0.2, 0) is 0 Å². The molecule has 8 heteroatoms. The van der Waals surface area contributed by atoms with Crippen molar-refractivity contribution in [3.05, 3.63) is 59.1 Å². The maximum atomic E-state index is 6.19. The Balaban J connectivity index is 1.75. The van der Waals surface area contributed by atoms with Crippen molar-refractivity contribution >= 4 is 17.4 Å². The predicted molar refractivity (Wildman–Crippen MR) is 94.2 cm³/mol. The number of benzene rings is 2. The van der Waals surface area contributed by atoms with E-state index in [0.717, 1.165) is 11.1 Å².